The van der Waals surface area contributed by atoms with Crippen LogP contribution in [0.2, 0.25) is 0 Å². The summed E-state index contributed by atoms with van der Waals surface area (Å²) in [6.45, 7) is 3.43. The number of aryl methyl sites for hydroxylation is 1. The van der Waals surface area contributed by atoms with Crippen LogP contribution in [-0.4, -0.2) is 25.2 Å². The fourth-order valence-corrected chi connectivity index (χ4v) is 2.70. The summed E-state index contributed by atoms with van der Waals surface area (Å²) in [7, 11) is 1.57. The molecule has 0 saturated carbocycles. The van der Waals surface area contributed by atoms with Crippen molar-refractivity contribution in [3.05, 3.63) is 15.6 Å². The third-order valence-electron chi connectivity index (χ3n) is 2.46. The summed E-state index contributed by atoms with van der Waals surface area (Å²) in [5, 5.41) is 3.52. The van der Waals surface area contributed by atoms with Crippen molar-refractivity contribution in [3.63, 3.8) is 0 Å². The van der Waals surface area contributed by atoms with E-state index in [1.807, 2.05) is 6.92 Å². The first kappa shape index (κ1) is 16.4. The van der Waals surface area contributed by atoms with Gasteiger partial charge in [-0.1, -0.05) is 6.92 Å². The number of halogens is 3. The van der Waals surface area contributed by atoms with E-state index in [9.17, 15) is 13.2 Å². The number of rotatable bonds is 8. The van der Waals surface area contributed by atoms with Crippen LogP contribution in [0.15, 0.2) is 0 Å². The number of alkyl halides is 3. The molecule has 3 nitrogen and oxygen atoms in total. The van der Waals surface area contributed by atoms with Crippen LogP contribution in [0.5, 0.6) is 0 Å². The SMILES string of the molecule is CCCNCc1sc(CCCOC)nc1C(F)(F)F. The largest absolute Gasteiger partial charge is 0.434 e. The lowest BCUT2D eigenvalue weighted by molar-refractivity contribution is -0.141. The fourth-order valence-electron chi connectivity index (χ4n) is 1.60. The number of aromatic nitrogens is 1. The highest BCUT2D eigenvalue weighted by Gasteiger charge is 2.37. The van der Waals surface area contributed by atoms with Gasteiger partial charge in [-0.3, -0.25) is 0 Å². The zero-order valence-corrected chi connectivity index (χ0v) is 12.0. The quantitative estimate of drug-likeness (QED) is 0.748. The molecule has 0 aromatic carbocycles. The third-order valence-corrected chi connectivity index (χ3v) is 3.58. The number of nitrogens with zero attached hydrogens (tertiary/aromatic N) is 1. The Morgan fingerprint density at radius 3 is 2.68 bits per heavy atom. The molecule has 1 aromatic rings. The summed E-state index contributed by atoms with van der Waals surface area (Å²) in [5.41, 5.74) is -0.742. The van der Waals surface area contributed by atoms with Gasteiger partial charge in [0.05, 0.1) is 9.88 Å². The molecule has 7 heteroatoms. The minimum atomic E-state index is -4.38. The summed E-state index contributed by atoms with van der Waals surface area (Å²) in [6.07, 6.45) is -2.28. The van der Waals surface area contributed by atoms with Gasteiger partial charge >= 0.3 is 6.18 Å². The summed E-state index contributed by atoms with van der Waals surface area (Å²) in [5.74, 6) is 0. The van der Waals surface area contributed by atoms with Gasteiger partial charge in [-0.2, -0.15) is 13.2 Å². The standard InChI is InChI=1S/C12H19F3N2OS/c1-3-6-16-8-9-11(12(13,14)15)17-10(19-9)5-4-7-18-2/h16H,3-8H2,1-2H3. The van der Waals surface area contributed by atoms with Crippen LogP contribution in [0.3, 0.4) is 0 Å². The van der Waals surface area contributed by atoms with Gasteiger partial charge in [0.2, 0.25) is 0 Å². The molecule has 110 valence electrons. The number of hydrogen-bond donors (Lipinski definition) is 1. The molecule has 1 heterocycles. The Morgan fingerprint density at radius 1 is 1.37 bits per heavy atom. The molecule has 1 N–H and O–H groups in total. The summed E-state index contributed by atoms with van der Waals surface area (Å²) in [6, 6.07) is 0. The second-order valence-corrected chi connectivity index (χ2v) is 5.32. The maximum Gasteiger partial charge on any atom is 0.434 e. The molecule has 0 aliphatic carbocycles. The molecule has 0 aliphatic heterocycles. The molecule has 1 rings (SSSR count). The smallest absolute Gasteiger partial charge is 0.385 e. The zero-order valence-electron chi connectivity index (χ0n) is 11.1. The molecule has 0 fully saturated rings. The third kappa shape index (κ3) is 5.46. The zero-order chi connectivity index (χ0) is 14.3. The van der Waals surface area contributed by atoms with Crippen molar-refractivity contribution in [2.45, 2.75) is 38.9 Å². The molecule has 0 bridgehead atoms. The van der Waals surface area contributed by atoms with Gasteiger partial charge in [0.25, 0.3) is 0 Å². The van der Waals surface area contributed by atoms with Crippen LogP contribution in [-0.2, 0) is 23.9 Å². The fraction of sp³-hybridized carbons (Fsp3) is 0.750. The van der Waals surface area contributed by atoms with Crippen LogP contribution in [0.25, 0.3) is 0 Å². The van der Waals surface area contributed by atoms with E-state index in [1.165, 1.54) is 0 Å². The van der Waals surface area contributed by atoms with Gasteiger partial charge in [-0.25, -0.2) is 4.98 Å². The number of methoxy groups -OCH3 is 1. The van der Waals surface area contributed by atoms with E-state index < -0.39 is 11.9 Å². The van der Waals surface area contributed by atoms with E-state index in [2.05, 4.69) is 10.3 Å². The van der Waals surface area contributed by atoms with Crippen LogP contribution in [0, 0.1) is 0 Å². The molecule has 0 spiro atoms. The van der Waals surface area contributed by atoms with E-state index in [0.717, 1.165) is 17.8 Å². The molecule has 0 unspecified atom stereocenters. The monoisotopic (exact) mass is 296 g/mol. The molecule has 0 aliphatic rings. The van der Waals surface area contributed by atoms with Gasteiger partial charge in [0, 0.05) is 26.7 Å². The van der Waals surface area contributed by atoms with Crippen molar-refractivity contribution in [3.8, 4) is 0 Å². The summed E-state index contributed by atoms with van der Waals surface area (Å²) < 4.78 is 43.4. The minimum absolute atomic E-state index is 0.227. The van der Waals surface area contributed by atoms with Crippen molar-refractivity contribution in [2.24, 2.45) is 0 Å². The number of ether oxygens (including phenoxy) is 1. The normalized spacial score (nSPS) is 12.1. The number of thiazole rings is 1. The van der Waals surface area contributed by atoms with Crippen LogP contribution < -0.4 is 5.32 Å². The molecule has 0 radical (unpaired) electrons. The maximum atomic E-state index is 12.9. The van der Waals surface area contributed by atoms with E-state index in [0.29, 0.717) is 31.0 Å². The Hall–Kier alpha value is -0.660. The first-order chi connectivity index (χ1) is 8.99. The Morgan fingerprint density at radius 2 is 2.11 bits per heavy atom. The van der Waals surface area contributed by atoms with Crippen LogP contribution in [0.1, 0.15) is 35.3 Å². The molecule has 0 saturated heterocycles. The van der Waals surface area contributed by atoms with E-state index in [1.54, 1.807) is 7.11 Å². The van der Waals surface area contributed by atoms with Crippen molar-refractivity contribution in [1.82, 2.24) is 10.3 Å². The highest BCUT2D eigenvalue weighted by atomic mass is 32.1. The summed E-state index contributed by atoms with van der Waals surface area (Å²) in [4.78, 5) is 4.00. The lowest BCUT2D eigenvalue weighted by Gasteiger charge is -2.06. The minimum Gasteiger partial charge on any atom is -0.385 e. The molecule has 1 aromatic heterocycles. The maximum absolute atomic E-state index is 12.9. The van der Waals surface area contributed by atoms with Gasteiger partial charge in [-0.15, -0.1) is 11.3 Å². The first-order valence-electron chi connectivity index (χ1n) is 6.24. The van der Waals surface area contributed by atoms with E-state index in [4.69, 9.17) is 4.74 Å². The highest BCUT2D eigenvalue weighted by molar-refractivity contribution is 7.11. The van der Waals surface area contributed by atoms with Crippen molar-refractivity contribution in [2.75, 3.05) is 20.3 Å². The molecule has 0 atom stereocenters. The molecular weight excluding hydrogens is 277 g/mol. The Balaban J connectivity index is 2.74. The number of nitrogens with one attached hydrogen (secondary N) is 1. The van der Waals surface area contributed by atoms with Gasteiger partial charge in [-0.05, 0) is 19.4 Å². The van der Waals surface area contributed by atoms with Gasteiger partial charge in [0.1, 0.15) is 0 Å². The predicted octanol–water partition coefficient (Wildman–Crippen LogP) is 3.24. The molecular formula is C12H19F3N2OS. The predicted molar refractivity (Wildman–Crippen MR) is 69.3 cm³/mol. The second kappa shape index (κ2) is 7.81. The Labute approximate surface area is 115 Å². The van der Waals surface area contributed by atoms with Crippen molar-refractivity contribution >= 4 is 11.3 Å². The van der Waals surface area contributed by atoms with Crippen molar-refractivity contribution < 1.29 is 17.9 Å². The molecule has 0 amide bonds. The van der Waals surface area contributed by atoms with Crippen LogP contribution in [0.4, 0.5) is 13.2 Å². The average molecular weight is 296 g/mol. The summed E-state index contributed by atoms with van der Waals surface area (Å²) >= 11 is 1.14. The average Bonchev–Trinajstić information content (AvgIpc) is 2.73. The lowest BCUT2D eigenvalue weighted by Crippen LogP contribution is -2.17. The molecule has 19 heavy (non-hydrogen) atoms. The van der Waals surface area contributed by atoms with E-state index in [-0.39, 0.29) is 11.4 Å². The van der Waals surface area contributed by atoms with Gasteiger partial charge < -0.3 is 10.1 Å². The number of hydrogen-bond acceptors (Lipinski definition) is 4. The van der Waals surface area contributed by atoms with Crippen molar-refractivity contribution in [1.29, 1.82) is 0 Å². The topological polar surface area (TPSA) is 34.1 Å². The van der Waals surface area contributed by atoms with Gasteiger partial charge in [0.15, 0.2) is 5.69 Å². The Kier molecular flexibility index (Phi) is 6.74. The highest BCUT2D eigenvalue weighted by Crippen LogP contribution is 2.34. The lowest BCUT2D eigenvalue weighted by atomic mass is 10.3. The van der Waals surface area contributed by atoms with E-state index >= 15 is 0 Å². The second-order valence-electron chi connectivity index (χ2n) is 4.15. The first-order valence-corrected chi connectivity index (χ1v) is 7.06. The van der Waals surface area contributed by atoms with Crippen LogP contribution >= 0.6 is 11.3 Å². The Bertz CT molecular complexity index is 380.